The molecular formula is C63H52N2. The van der Waals surface area contributed by atoms with Crippen LogP contribution in [0.2, 0.25) is 0 Å². The Hall–Kier alpha value is -8.07. The Morgan fingerprint density at radius 2 is 1.12 bits per heavy atom. The Bertz CT molecular complexity index is 3360. The lowest BCUT2D eigenvalue weighted by Crippen LogP contribution is -2.26. The molecule has 0 fully saturated rings. The molecule has 0 bridgehead atoms. The molecule has 0 heterocycles. The smallest absolute Gasteiger partial charge is 0.0731 e. The van der Waals surface area contributed by atoms with Crippen molar-refractivity contribution in [1.29, 1.82) is 5.41 Å². The van der Waals surface area contributed by atoms with Gasteiger partial charge in [0.15, 0.2) is 0 Å². The molecule has 314 valence electrons. The fourth-order valence-electron chi connectivity index (χ4n) is 9.86. The minimum atomic E-state index is -0.486. The highest BCUT2D eigenvalue weighted by Gasteiger charge is 2.53. The summed E-state index contributed by atoms with van der Waals surface area (Å²) in [6.45, 7) is 13.7. The fraction of sp³-hybridized carbons (Fsp3) is 0.0635. The number of nitrogens with two attached hydrogens (primary N) is 1. The van der Waals surface area contributed by atoms with Crippen molar-refractivity contribution in [3.05, 3.63) is 271 Å². The summed E-state index contributed by atoms with van der Waals surface area (Å²) < 4.78 is 0. The molecule has 0 unspecified atom stereocenters. The van der Waals surface area contributed by atoms with E-state index in [1.807, 2.05) is 56.3 Å². The van der Waals surface area contributed by atoms with Crippen LogP contribution in [0, 0.1) is 12.3 Å². The summed E-state index contributed by atoms with van der Waals surface area (Å²) in [6, 6.07) is 66.2. The second-order valence-electron chi connectivity index (χ2n) is 16.6. The monoisotopic (exact) mass is 836 g/mol. The zero-order valence-corrected chi connectivity index (χ0v) is 37.3. The third kappa shape index (κ3) is 7.33. The van der Waals surface area contributed by atoms with E-state index < -0.39 is 5.41 Å². The molecule has 0 saturated heterocycles. The largest absolute Gasteiger partial charge is 0.398 e. The Labute approximate surface area is 383 Å². The summed E-state index contributed by atoms with van der Waals surface area (Å²) in [4.78, 5) is 0. The summed E-state index contributed by atoms with van der Waals surface area (Å²) in [7, 11) is 0. The average molecular weight is 837 g/mol. The van der Waals surface area contributed by atoms with Gasteiger partial charge in [0.1, 0.15) is 0 Å². The minimum Gasteiger partial charge on any atom is -0.398 e. The maximum Gasteiger partial charge on any atom is 0.0731 e. The zero-order valence-electron chi connectivity index (χ0n) is 37.3. The molecule has 1 spiro atoms. The lowest BCUT2D eigenvalue weighted by Gasteiger charge is -2.32. The van der Waals surface area contributed by atoms with Gasteiger partial charge < -0.3 is 11.1 Å². The topological polar surface area (TPSA) is 49.9 Å². The second-order valence-corrected chi connectivity index (χ2v) is 16.6. The Morgan fingerprint density at radius 3 is 1.74 bits per heavy atom. The van der Waals surface area contributed by atoms with Crippen molar-refractivity contribution in [3.8, 4) is 33.4 Å². The molecule has 0 aromatic heterocycles. The molecule has 0 radical (unpaired) electrons. The van der Waals surface area contributed by atoms with Gasteiger partial charge in [-0.1, -0.05) is 207 Å². The number of aryl methyl sites for hydroxylation is 1. The molecule has 2 nitrogen and oxygen atoms in total. The highest BCUT2D eigenvalue weighted by molar-refractivity contribution is 6.20. The van der Waals surface area contributed by atoms with Crippen LogP contribution in [0.25, 0.3) is 71.4 Å². The first-order valence-electron chi connectivity index (χ1n) is 22.3. The molecule has 2 heteroatoms. The summed E-state index contributed by atoms with van der Waals surface area (Å²) in [5, 5.41) is 16.1. The third-order valence-corrected chi connectivity index (χ3v) is 12.8. The Balaban J connectivity index is 0.000000430. The van der Waals surface area contributed by atoms with Gasteiger partial charge >= 0.3 is 0 Å². The third-order valence-electron chi connectivity index (χ3n) is 12.8. The molecule has 0 aliphatic heterocycles. The average Bonchev–Trinajstić information content (AvgIpc) is 3.82. The van der Waals surface area contributed by atoms with E-state index in [9.17, 15) is 0 Å². The molecule has 3 N–H and O–H groups in total. The molecule has 2 aliphatic carbocycles. The van der Waals surface area contributed by atoms with Crippen molar-refractivity contribution in [2.24, 2.45) is 5.73 Å². The predicted molar refractivity (Wildman–Crippen MR) is 281 cm³/mol. The van der Waals surface area contributed by atoms with Crippen molar-refractivity contribution in [2.75, 3.05) is 0 Å². The number of hydrogen-bond acceptors (Lipinski definition) is 2. The van der Waals surface area contributed by atoms with Crippen LogP contribution in [0.4, 0.5) is 0 Å². The summed E-state index contributed by atoms with van der Waals surface area (Å²) >= 11 is 0. The van der Waals surface area contributed by atoms with E-state index in [2.05, 4.69) is 172 Å². The standard InChI is InChI=1S/C52H36N2.C7H8.C4H8/c1-3-14-32(4-2)48(53)31-49(54)36-16-13-15-33(27-36)34-25-26-35-29-44-47(30-37(35)28-34)52(45-23-11-9-19-40(45)41-20-10-12-24-46(41)52)51-43-22-8-6-18-39(43)38-17-5-7-21-42(38)50(44)51;1-7-5-3-2-4-6-7;1-3-4-2/h3-31,53H,1-2,54H2;2-6H,1H3;3-4H,1-2H3/b32-14+,49-31-,53-48?;;4-3-. The quantitative estimate of drug-likeness (QED) is 0.0745. The van der Waals surface area contributed by atoms with E-state index in [1.165, 1.54) is 82.4 Å². The molecule has 9 aromatic carbocycles. The van der Waals surface area contributed by atoms with E-state index in [-0.39, 0.29) is 5.71 Å². The highest BCUT2D eigenvalue weighted by atomic mass is 14.6. The van der Waals surface area contributed by atoms with Crippen LogP contribution in [0.15, 0.2) is 237 Å². The molecule has 0 atom stereocenters. The van der Waals surface area contributed by atoms with Gasteiger partial charge in [0.25, 0.3) is 0 Å². The lowest BCUT2D eigenvalue weighted by molar-refractivity contribution is 0.803. The maximum atomic E-state index is 8.55. The first kappa shape index (κ1) is 42.2. The normalized spacial score (nSPS) is 13.0. The molecule has 0 amide bonds. The fourth-order valence-corrected chi connectivity index (χ4v) is 9.86. The number of rotatable bonds is 6. The molecular weight excluding hydrogens is 785 g/mol. The summed E-state index contributed by atoms with van der Waals surface area (Å²) in [5.41, 5.74) is 22.5. The first-order chi connectivity index (χ1) is 31.8. The second kappa shape index (κ2) is 18.0. The molecule has 11 rings (SSSR count). The van der Waals surface area contributed by atoms with Crippen LogP contribution in [0.5, 0.6) is 0 Å². The van der Waals surface area contributed by atoms with Crippen LogP contribution in [0.3, 0.4) is 0 Å². The van der Waals surface area contributed by atoms with Gasteiger partial charge in [0.2, 0.25) is 0 Å². The molecule has 65 heavy (non-hydrogen) atoms. The predicted octanol–water partition coefficient (Wildman–Crippen LogP) is 16.4. The van der Waals surface area contributed by atoms with E-state index in [0.717, 1.165) is 16.7 Å². The lowest BCUT2D eigenvalue weighted by atomic mass is 9.69. The van der Waals surface area contributed by atoms with E-state index in [1.54, 1.807) is 24.3 Å². The number of nitrogens with one attached hydrogen (secondary N) is 1. The van der Waals surface area contributed by atoms with Crippen molar-refractivity contribution >= 4 is 43.7 Å². The van der Waals surface area contributed by atoms with Crippen LogP contribution in [-0.2, 0) is 5.41 Å². The van der Waals surface area contributed by atoms with Gasteiger partial charge in [0, 0.05) is 5.70 Å². The van der Waals surface area contributed by atoms with Crippen LogP contribution >= 0.6 is 0 Å². The Morgan fingerprint density at radius 1 is 0.538 bits per heavy atom. The van der Waals surface area contributed by atoms with E-state index in [0.29, 0.717) is 11.3 Å². The molecule has 9 aromatic rings. The first-order valence-corrected chi connectivity index (χ1v) is 22.3. The zero-order chi connectivity index (χ0) is 45.1. The van der Waals surface area contributed by atoms with Gasteiger partial charge in [-0.2, -0.15) is 0 Å². The van der Waals surface area contributed by atoms with Crippen molar-refractivity contribution in [1.82, 2.24) is 0 Å². The van der Waals surface area contributed by atoms with Crippen LogP contribution in [0.1, 0.15) is 47.2 Å². The summed E-state index contributed by atoms with van der Waals surface area (Å²) in [5.74, 6) is 0. The number of hydrogen-bond donors (Lipinski definition) is 2. The van der Waals surface area contributed by atoms with Gasteiger partial charge in [-0.25, -0.2) is 0 Å². The number of fused-ring (bicyclic) bond motifs is 16. The highest BCUT2D eigenvalue weighted by Crippen LogP contribution is 2.65. The maximum absolute atomic E-state index is 8.55. The SMILES string of the molecule is C/C=C\C.C=C/C=C(\C=C)C(=N)/C=C(\N)c1cccc(-c2ccc3cc4c(cc3c2)C2(c3ccccc3-c3ccccc32)c2c-4c3ccccc3c3ccccc23)c1.Cc1ccccc1. The number of allylic oxidation sites excluding steroid dienone is 7. The van der Waals surface area contributed by atoms with Gasteiger partial charge in [0.05, 0.1) is 11.1 Å². The van der Waals surface area contributed by atoms with Crippen molar-refractivity contribution < 1.29 is 0 Å². The minimum absolute atomic E-state index is 0.290. The number of benzene rings is 9. The molecule has 2 aliphatic rings. The van der Waals surface area contributed by atoms with Gasteiger partial charge in [-0.15, -0.1) is 0 Å². The van der Waals surface area contributed by atoms with Crippen molar-refractivity contribution in [3.63, 3.8) is 0 Å². The van der Waals surface area contributed by atoms with E-state index >= 15 is 0 Å². The van der Waals surface area contributed by atoms with Crippen LogP contribution < -0.4 is 5.73 Å². The van der Waals surface area contributed by atoms with Crippen molar-refractivity contribution in [2.45, 2.75) is 26.2 Å². The van der Waals surface area contributed by atoms with E-state index in [4.69, 9.17) is 11.1 Å². The molecule has 0 saturated carbocycles. The Kier molecular flexibility index (Phi) is 11.7. The van der Waals surface area contributed by atoms with Gasteiger partial charge in [-0.3, -0.25) is 0 Å². The summed E-state index contributed by atoms with van der Waals surface area (Å²) in [6.07, 6.45) is 10.7. The van der Waals surface area contributed by atoms with Crippen LogP contribution in [-0.4, -0.2) is 5.71 Å². The van der Waals surface area contributed by atoms with Gasteiger partial charge in [-0.05, 0) is 150 Å².